The summed E-state index contributed by atoms with van der Waals surface area (Å²) < 4.78 is 75.9. The molecule has 0 spiro atoms. The summed E-state index contributed by atoms with van der Waals surface area (Å²) in [5.74, 6) is -5.22. The molecule has 1 aliphatic heterocycles. The van der Waals surface area contributed by atoms with Crippen molar-refractivity contribution in [1.29, 1.82) is 0 Å². The van der Waals surface area contributed by atoms with Gasteiger partial charge in [-0.1, -0.05) is 66.6 Å². The molecule has 247 valence electrons. The Labute approximate surface area is 287 Å². The van der Waals surface area contributed by atoms with Gasteiger partial charge in [0.05, 0.1) is 18.2 Å². The molecule has 2 aromatic heterocycles. The number of carbonyl (C=O) groups is 1. The van der Waals surface area contributed by atoms with Gasteiger partial charge in [0.1, 0.15) is 0 Å². The molecule has 0 aliphatic carbocycles. The summed E-state index contributed by atoms with van der Waals surface area (Å²) in [5.41, 5.74) is 0.614. The summed E-state index contributed by atoms with van der Waals surface area (Å²) in [5, 5.41) is 4.42. The molecular formula is C37H24F5IrN3O2-4. The van der Waals surface area contributed by atoms with Gasteiger partial charge in [-0.05, 0) is 30.4 Å². The molecule has 1 atom stereocenters. The van der Waals surface area contributed by atoms with Gasteiger partial charge >= 0.3 is 5.97 Å². The molecule has 1 aliphatic rings. The average molecular weight is 830 g/mol. The molecule has 0 N–H and O–H groups in total. The topological polar surface area (TPSA) is 66.2 Å². The zero-order valence-corrected chi connectivity index (χ0v) is 27.7. The number of rotatable bonds is 6. The number of aromatic nitrogens is 2. The molecule has 11 heteroatoms. The fourth-order valence-corrected chi connectivity index (χ4v) is 4.59. The smallest absolute Gasteiger partial charge is 0.325 e. The Morgan fingerprint density at radius 1 is 0.875 bits per heavy atom. The van der Waals surface area contributed by atoms with Gasteiger partial charge in [0, 0.05) is 55.5 Å². The van der Waals surface area contributed by atoms with Crippen LogP contribution in [0.15, 0.2) is 91.3 Å². The van der Waals surface area contributed by atoms with E-state index in [9.17, 15) is 18.0 Å². The minimum absolute atomic E-state index is 0. The van der Waals surface area contributed by atoms with E-state index in [1.54, 1.807) is 67.7 Å². The number of hydrogen-bond acceptors (Lipinski definition) is 4. The standard InChI is InChI=1S/C26H18F3N2O2.C11H6F2N.Ir/c1-3-33-26(32)23-24(28)17(20-7-4-5-12-30-20)14-18(25(23)29)22-9-6-8-21(31-22)16-11-10-15(2)13-19(16)27;12-8-4-5-9(10(13)7-8)11-3-1-2-6-14-11;/h4-10,12-13,22H,3H2,1-2H3;1-4,6-7H;/q-3;-1;. The normalized spacial score (nSPS) is 13.3. The van der Waals surface area contributed by atoms with Crippen LogP contribution >= 0.6 is 0 Å². The van der Waals surface area contributed by atoms with Crippen molar-refractivity contribution in [3.8, 4) is 22.5 Å². The van der Waals surface area contributed by atoms with Gasteiger partial charge in [0.15, 0.2) is 0 Å². The third kappa shape index (κ3) is 8.10. The van der Waals surface area contributed by atoms with Crippen LogP contribution in [-0.4, -0.2) is 22.5 Å². The molecule has 5 aromatic rings. The summed E-state index contributed by atoms with van der Waals surface area (Å²) >= 11 is 0. The second-order valence-corrected chi connectivity index (χ2v) is 10.0. The molecule has 6 rings (SSSR count). The third-order valence-corrected chi connectivity index (χ3v) is 6.75. The van der Waals surface area contributed by atoms with E-state index in [0.29, 0.717) is 11.3 Å². The maximum atomic E-state index is 15.5. The second kappa shape index (κ2) is 16.2. The Morgan fingerprint density at radius 3 is 2.12 bits per heavy atom. The number of halogens is 5. The molecule has 0 fully saturated rings. The summed E-state index contributed by atoms with van der Waals surface area (Å²) in [6.45, 7) is 3.21. The maximum Gasteiger partial charge on any atom is 0.325 e. The van der Waals surface area contributed by atoms with Crippen LogP contribution < -0.4 is 0 Å². The fourth-order valence-electron chi connectivity index (χ4n) is 4.59. The van der Waals surface area contributed by atoms with Gasteiger partial charge < -0.3 is 20.0 Å². The Morgan fingerprint density at radius 2 is 1.52 bits per heavy atom. The molecule has 0 amide bonds. The van der Waals surface area contributed by atoms with Crippen molar-refractivity contribution in [3.05, 3.63) is 166 Å². The maximum absolute atomic E-state index is 15.5. The molecular weight excluding hydrogens is 806 g/mol. The number of hydrogen-bond donors (Lipinski definition) is 0. The van der Waals surface area contributed by atoms with E-state index in [-0.39, 0.29) is 60.4 Å². The molecule has 1 unspecified atom stereocenters. The van der Waals surface area contributed by atoms with E-state index in [1.807, 2.05) is 0 Å². The number of carbonyl (C=O) groups excluding carboxylic acids is 1. The molecule has 3 heterocycles. The van der Waals surface area contributed by atoms with Gasteiger partial charge in [0.2, 0.25) is 0 Å². The number of ether oxygens (including phenoxy) is 1. The first-order chi connectivity index (χ1) is 22.7. The van der Waals surface area contributed by atoms with Crippen LogP contribution in [0.2, 0.25) is 0 Å². The van der Waals surface area contributed by atoms with E-state index < -0.39 is 46.7 Å². The number of pyridine rings is 2. The molecule has 0 saturated carbocycles. The van der Waals surface area contributed by atoms with Crippen LogP contribution in [0.25, 0.3) is 33.5 Å². The SMILES string of the molecule is CCOC(=O)c1c(F)c(-c2ccccn2)[c-]c(C2C=CC=C(c3[c-]cc(C)cc3F)[N-]2)c1F.Fc1c[c-]c(-c2ccccn2)c(F)c1.[Ir]. The average Bonchev–Trinajstić information content (AvgIpc) is 3.06. The summed E-state index contributed by atoms with van der Waals surface area (Å²) in [6, 6.07) is 21.8. The number of aryl methyl sites for hydroxylation is 1. The van der Waals surface area contributed by atoms with E-state index in [1.165, 1.54) is 25.3 Å². The Bertz CT molecular complexity index is 1970. The summed E-state index contributed by atoms with van der Waals surface area (Å²) in [7, 11) is 0. The first-order valence-electron chi connectivity index (χ1n) is 14.3. The zero-order valence-electron chi connectivity index (χ0n) is 25.3. The van der Waals surface area contributed by atoms with Crippen molar-refractivity contribution in [1.82, 2.24) is 9.97 Å². The van der Waals surface area contributed by atoms with Crippen molar-refractivity contribution in [2.24, 2.45) is 0 Å². The van der Waals surface area contributed by atoms with Crippen LogP contribution in [0.5, 0.6) is 0 Å². The van der Waals surface area contributed by atoms with Gasteiger partial charge in [-0.2, -0.15) is 0 Å². The van der Waals surface area contributed by atoms with Crippen molar-refractivity contribution >= 4 is 11.7 Å². The van der Waals surface area contributed by atoms with Crippen LogP contribution in [0.3, 0.4) is 0 Å². The Kier molecular flexibility index (Phi) is 12.1. The molecule has 0 saturated heterocycles. The number of allylic oxidation sites excluding steroid dienone is 2. The molecule has 5 nitrogen and oxygen atoms in total. The Hall–Kier alpha value is -4.99. The molecule has 1 radical (unpaired) electrons. The van der Waals surface area contributed by atoms with Crippen LogP contribution in [-0.2, 0) is 24.8 Å². The predicted molar refractivity (Wildman–Crippen MR) is 166 cm³/mol. The van der Waals surface area contributed by atoms with E-state index in [2.05, 4.69) is 33.5 Å². The minimum atomic E-state index is -1.15. The van der Waals surface area contributed by atoms with Crippen molar-refractivity contribution in [2.45, 2.75) is 19.9 Å². The Balaban J connectivity index is 0.000000290. The number of benzene rings is 3. The molecule has 0 bridgehead atoms. The fraction of sp³-hybridized carbons (Fsp3) is 0.108. The third-order valence-electron chi connectivity index (χ3n) is 6.75. The monoisotopic (exact) mass is 830 g/mol. The predicted octanol–water partition coefficient (Wildman–Crippen LogP) is 9.10. The number of nitrogens with zero attached hydrogens (tertiary/aromatic N) is 3. The van der Waals surface area contributed by atoms with Crippen LogP contribution in [0, 0.1) is 54.2 Å². The van der Waals surface area contributed by atoms with Crippen LogP contribution in [0.1, 0.15) is 40.0 Å². The molecule has 3 aromatic carbocycles. The van der Waals surface area contributed by atoms with Crippen molar-refractivity contribution in [2.75, 3.05) is 6.61 Å². The van der Waals surface area contributed by atoms with Crippen molar-refractivity contribution in [3.63, 3.8) is 0 Å². The van der Waals surface area contributed by atoms with Gasteiger partial charge in [0.25, 0.3) is 0 Å². The minimum Gasteiger partial charge on any atom is -0.719 e. The number of esters is 1. The largest absolute Gasteiger partial charge is 0.719 e. The zero-order chi connectivity index (χ0) is 33.5. The quantitative estimate of drug-likeness (QED) is 0.0974. The first kappa shape index (κ1) is 35.9. The van der Waals surface area contributed by atoms with Crippen molar-refractivity contribution < 1.29 is 51.6 Å². The van der Waals surface area contributed by atoms with E-state index >= 15 is 8.78 Å². The van der Waals surface area contributed by atoms with Gasteiger partial charge in [-0.3, -0.25) is 22.0 Å². The van der Waals surface area contributed by atoms with E-state index in [4.69, 9.17) is 4.74 Å². The molecule has 48 heavy (non-hydrogen) atoms. The summed E-state index contributed by atoms with van der Waals surface area (Å²) in [4.78, 5) is 20.5. The van der Waals surface area contributed by atoms with Crippen LogP contribution in [0.4, 0.5) is 22.0 Å². The van der Waals surface area contributed by atoms with Gasteiger partial charge in [-0.15, -0.1) is 59.2 Å². The first-order valence-corrected chi connectivity index (χ1v) is 14.3. The second-order valence-electron chi connectivity index (χ2n) is 10.0. The summed E-state index contributed by atoms with van der Waals surface area (Å²) in [6.07, 6.45) is 7.68. The van der Waals surface area contributed by atoms with E-state index in [0.717, 1.165) is 12.1 Å². The van der Waals surface area contributed by atoms with Gasteiger partial charge in [-0.25, -0.2) is 10.5 Å².